The van der Waals surface area contributed by atoms with E-state index in [1.165, 1.54) is 36.4 Å². The van der Waals surface area contributed by atoms with Crippen molar-refractivity contribution in [2.45, 2.75) is 6.04 Å². The smallest absolute Gasteiger partial charge is 0.345 e. The highest BCUT2D eigenvalue weighted by Gasteiger charge is 2.35. The number of ketones is 1. The Morgan fingerprint density at radius 1 is 1.00 bits per heavy atom. The third-order valence-corrected chi connectivity index (χ3v) is 3.59. The Morgan fingerprint density at radius 3 is 2.19 bits per heavy atom. The van der Waals surface area contributed by atoms with Crippen LogP contribution in [0, 0.1) is 11.6 Å². The first-order chi connectivity index (χ1) is 12.4. The van der Waals surface area contributed by atoms with Crippen molar-refractivity contribution in [2.75, 3.05) is 6.54 Å². The maximum Gasteiger partial charge on any atom is 0.345 e. The van der Waals surface area contributed by atoms with Crippen molar-refractivity contribution in [3.05, 3.63) is 71.3 Å². The number of rotatable bonds is 5. The quantitative estimate of drug-likeness (QED) is 0.650. The number of hydrogen-bond acceptors (Lipinski definition) is 5. The van der Waals surface area contributed by atoms with E-state index in [4.69, 9.17) is 4.74 Å². The summed E-state index contributed by atoms with van der Waals surface area (Å²) in [5, 5.41) is 2.34. The number of aliphatic imine (C=N–C) groups is 1. The molecular weight excluding hydrogens is 346 g/mol. The number of hydrogen-bond donors (Lipinski definition) is 1. The van der Waals surface area contributed by atoms with Crippen molar-refractivity contribution in [1.82, 2.24) is 5.32 Å². The summed E-state index contributed by atoms with van der Waals surface area (Å²) < 4.78 is 30.7. The molecule has 0 fully saturated rings. The lowest BCUT2D eigenvalue weighted by Gasteiger charge is -2.06. The molecule has 1 amide bonds. The minimum atomic E-state index is -1.40. The molecule has 2 aromatic rings. The van der Waals surface area contributed by atoms with Gasteiger partial charge in [-0.15, -0.1) is 0 Å². The molecule has 0 bridgehead atoms. The van der Waals surface area contributed by atoms with Crippen LogP contribution in [0.15, 0.2) is 53.5 Å². The van der Waals surface area contributed by atoms with Gasteiger partial charge in [-0.25, -0.2) is 18.6 Å². The summed E-state index contributed by atoms with van der Waals surface area (Å²) >= 11 is 0. The molecule has 0 aliphatic carbocycles. The van der Waals surface area contributed by atoms with Gasteiger partial charge in [0.05, 0.1) is 6.54 Å². The van der Waals surface area contributed by atoms with Crippen molar-refractivity contribution < 1.29 is 27.9 Å². The van der Waals surface area contributed by atoms with Crippen LogP contribution in [0.5, 0.6) is 0 Å². The van der Waals surface area contributed by atoms with Gasteiger partial charge in [0.25, 0.3) is 5.91 Å². The number of esters is 1. The van der Waals surface area contributed by atoms with E-state index in [9.17, 15) is 23.2 Å². The van der Waals surface area contributed by atoms with E-state index in [1.54, 1.807) is 0 Å². The summed E-state index contributed by atoms with van der Waals surface area (Å²) in [5.41, 5.74) is 0.522. The van der Waals surface area contributed by atoms with E-state index in [1.807, 2.05) is 0 Å². The molecule has 2 aromatic carbocycles. The molecule has 132 valence electrons. The standard InChI is InChI=1S/C18H12F2N2O4/c19-12-5-1-10(2-6-12)16(24)21-9-14(23)15-18(25)26-17(22-15)11-3-7-13(20)8-4-11/h1-8,15H,9H2,(H,21,24)/t15-/m0/s1. The summed E-state index contributed by atoms with van der Waals surface area (Å²) in [6, 6.07) is 8.44. The second-order valence-corrected chi connectivity index (χ2v) is 5.42. The molecule has 1 atom stereocenters. The van der Waals surface area contributed by atoms with E-state index in [0.717, 1.165) is 12.1 Å². The van der Waals surface area contributed by atoms with Gasteiger partial charge in [0, 0.05) is 11.1 Å². The average Bonchev–Trinajstić information content (AvgIpc) is 3.02. The Kier molecular flexibility index (Phi) is 4.83. The van der Waals surface area contributed by atoms with Crippen LogP contribution in [0.25, 0.3) is 0 Å². The lowest BCUT2D eigenvalue weighted by atomic mass is 10.1. The molecule has 1 aliphatic rings. The van der Waals surface area contributed by atoms with E-state index < -0.39 is 41.9 Å². The third-order valence-electron chi connectivity index (χ3n) is 3.59. The molecule has 0 radical (unpaired) electrons. The van der Waals surface area contributed by atoms with Gasteiger partial charge in [-0.05, 0) is 48.5 Å². The summed E-state index contributed by atoms with van der Waals surface area (Å²) in [6.45, 7) is -0.448. The van der Waals surface area contributed by atoms with Crippen LogP contribution >= 0.6 is 0 Å². The Morgan fingerprint density at radius 2 is 1.58 bits per heavy atom. The second-order valence-electron chi connectivity index (χ2n) is 5.42. The summed E-state index contributed by atoms with van der Waals surface area (Å²) in [7, 11) is 0. The van der Waals surface area contributed by atoms with Crippen LogP contribution in [-0.4, -0.2) is 36.1 Å². The van der Waals surface area contributed by atoms with Crippen LogP contribution in [-0.2, 0) is 14.3 Å². The van der Waals surface area contributed by atoms with Crippen molar-refractivity contribution in [2.24, 2.45) is 4.99 Å². The normalized spacial score (nSPS) is 16.0. The van der Waals surface area contributed by atoms with Crippen LogP contribution in [0.3, 0.4) is 0 Å². The molecular formula is C18H12F2N2O4. The first-order valence-electron chi connectivity index (χ1n) is 7.56. The Bertz CT molecular complexity index is 892. The van der Waals surface area contributed by atoms with Gasteiger partial charge in [0.1, 0.15) is 11.6 Å². The van der Waals surface area contributed by atoms with Gasteiger partial charge in [0.2, 0.25) is 11.9 Å². The number of nitrogens with one attached hydrogen (secondary N) is 1. The molecule has 1 N–H and O–H groups in total. The fourth-order valence-corrected chi connectivity index (χ4v) is 2.24. The molecule has 6 nitrogen and oxygen atoms in total. The number of cyclic esters (lactones) is 1. The first kappa shape index (κ1) is 17.4. The fraction of sp³-hybridized carbons (Fsp3) is 0.111. The van der Waals surface area contributed by atoms with E-state index >= 15 is 0 Å². The largest absolute Gasteiger partial charge is 0.405 e. The predicted molar refractivity (Wildman–Crippen MR) is 86.6 cm³/mol. The number of Topliss-reactive ketones (excluding diaryl/α,β-unsaturated/α-hetero) is 1. The molecule has 0 aromatic heterocycles. The molecule has 1 heterocycles. The fourth-order valence-electron chi connectivity index (χ4n) is 2.24. The minimum Gasteiger partial charge on any atom is -0.405 e. The highest BCUT2D eigenvalue weighted by Crippen LogP contribution is 2.15. The molecule has 0 unspecified atom stereocenters. The number of amides is 1. The highest BCUT2D eigenvalue weighted by atomic mass is 19.1. The van der Waals surface area contributed by atoms with E-state index in [2.05, 4.69) is 10.3 Å². The first-order valence-corrected chi connectivity index (χ1v) is 7.56. The van der Waals surface area contributed by atoms with Gasteiger partial charge in [-0.1, -0.05) is 0 Å². The lowest BCUT2D eigenvalue weighted by Crippen LogP contribution is -2.37. The van der Waals surface area contributed by atoms with Crippen LogP contribution in [0.1, 0.15) is 15.9 Å². The Balaban J connectivity index is 1.63. The highest BCUT2D eigenvalue weighted by molar-refractivity contribution is 6.16. The summed E-state index contributed by atoms with van der Waals surface area (Å²) in [5.74, 6) is -3.16. The monoisotopic (exact) mass is 358 g/mol. The minimum absolute atomic E-state index is 0.0850. The van der Waals surface area contributed by atoms with Crippen molar-refractivity contribution in [3.63, 3.8) is 0 Å². The molecule has 0 saturated heterocycles. The van der Waals surface area contributed by atoms with Crippen LogP contribution in [0.4, 0.5) is 8.78 Å². The SMILES string of the molecule is O=C(NCC(=O)[C@@H]1N=C(c2ccc(F)cc2)OC1=O)c1ccc(F)cc1. The maximum absolute atomic E-state index is 12.9. The third kappa shape index (κ3) is 3.80. The van der Waals surface area contributed by atoms with Gasteiger partial charge < -0.3 is 10.1 Å². The van der Waals surface area contributed by atoms with Gasteiger partial charge in [0.15, 0.2) is 5.78 Å². The van der Waals surface area contributed by atoms with Crippen LogP contribution in [0.2, 0.25) is 0 Å². The number of halogens is 2. The maximum atomic E-state index is 12.9. The number of ether oxygens (including phenoxy) is 1. The summed E-state index contributed by atoms with van der Waals surface area (Å²) in [4.78, 5) is 39.8. The number of carbonyl (C=O) groups excluding carboxylic acids is 3. The zero-order chi connectivity index (χ0) is 18.7. The van der Waals surface area contributed by atoms with E-state index in [0.29, 0.717) is 5.56 Å². The molecule has 26 heavy (non-hydrogen) atoms. The number of benzene rings is 2. The zero-order valence-electron chi connectivity index (χ0n) is 13.2. The summed E-state index contributed by atoms with van der Waals surface area (Å²) in [6.07, 6.45) is 0. The van der Waals surface area contributed by atoms with Crippen molar-refractivity contribution in [3.8, 4) is 0 Å². The molecule has 0 spiro atoms. The molecule has 0 saturated carbocycles. The van der Waals surface area contributed by atoms with Gasteiger partial charge in [-0.2, -0.15) is 0 Å². The molecule has 1 aliphatic heterocycles. The Hall–Kier alpha value is -3.42. The topological polar surface area (TPSA) is 84.8 Å². The average molecular weight is 358 g/mol. The predicted octanol–water partition coefficient (Wildman–Crippen LogP) is 1.64. The Labute approximate surface area is 146 Å². The van der Waals surface area contributed by atoms with E-state index in [-0.39, 0.29) is 11.5 Å². The zero-order valence-corrected chi connectivity index (χ0v) is 13.2. The number of carbonyl (C=O) groups is 3. The number of nitrogens with zero attached hydrogens (tertiary/aromatic N) is 1. The van der Waals surface area contributed by atoms with Crippen molar-refractivity contribution in [1.29, 1.82) is 0 Å². The van der Waals surface area contributed by atoms with Crippen molar-refractivity contribution >= 4 is 23.6 Å². The van der Waals surface area contributed by atoms with Gasteiger partial charge in [-0.3, -0.25) is 9.59 Å². The molecule has 8 heteroatoms. The lowest BCUT2D eigenvalue weighted by molar-refractivity contribution is -0.138. The molecule has 3 rings (SSSR count). The second kappa shape index (κ2) is 7.22. The van der Waals surface area contributed by atoms with Gasteiger partial charge >= 0.3 is 5.97 Å². The van der Waals surface area contributed by atoms with Crippen LogP contribution < -0.4 is 5.32 Å².